The van der Waals surface area contributed by atoms with Crippen molar-refractivity contribution in [1.82, 2.24) is 15.1 Å². The quantitative estimate of drug-likeness (QED) is 0.794. The maximum absolute atomic E-state index is 13.2. The van der Waals surface area contributed by atoms with Gasteiger partial charge in [-0.3, -0.25) is 0 Å². The lowest BCUT2D eigenvalue weighted by molar-refractivity contribution is 0.109. The standard InChI is InChI=1S/C20H30FN3O3/c21-17-2-1-3-19(14-17)27-18-6-10-24(11-7-18)20(26)22-15-16-4-8-23(9-5-16)12-13-25/h1-3,14,16,18,25H,4-13,15H2,(H,22,26). The highest BCUT2D eigenvalue weighted by Gasteiger charge is 2.25. The van der Waals surface area contributed by atoms with E-state index in [2.05, 4.69) is 10.2 Å². The monoisotopic (exact) mass is 379 g/mol. The molecule has 27 heavy (non-hydrogen) atoms. The van der Waals surface area contributed by atoms with E-state index >= 15 is 0 Å². The third kappa shape index (κ3) is 6.07. The second kappa shape index (κ2) is 9.90. The molecule has 2 N–H and O–H groups in total. The number of piperidine rings is 2. The molecule has 2 aliphatic rings. The van der Waals surface area contributed by atoms with E-state index in [1.54, 1.807) is 12.1 Å². The normalized spacial score (nSPS) is 19.9. The van der Waals surface area contributed by atoms with Gasteiger partial charge in [0.05, 0.1) is 6.61 Å². The largest absolute Gasteiger partial charge is 0.490 e. The van der Waals surface area contributed by atoms with Crippen LogP contribution < -0.4 is 10.1 Å². The number of hydrogen-bond donors (Lipinski definition) is 2. The molecule has 0 unspecified atom stereocenters. The number of nitrogens with zero attached hydrogens (tertiary/aromatic N) is 2. The van der Waals surface area contributed by atoms with Crippen molar-refractivity contribution in [3.8, 4) is 5.75 Å². The number of likely N-dealkylation sites (tertiary alicyclic amines) is 2. The summed E-state index contributed by atoms with van der Waals surface area (Å²) in [4.78, 5) is 16.5. The van der Waals surface area contributed by atoms with E-state index in [1.165, 1.54) is 12.1 Å². The van der Waals surface area contributed by atoms with Crippen molar-refractivity contribution in [3.05, 3.63) is 30.1 Å². The lowest BCUT2D eigenvalue weighted by Crippen LogP contribution is -2.48. The van der Waals surface area contributed by atoms with Crippen molar-refractivity contribution in [2.45, 2.75) is 31.8 Å². The molecule has 0 spiro atoms. The highest BCUT2D eigenvalue weighted by molar-refractivity contribution is 5.74. The fraction of sp³-hybridized carbons (Fsp3) is 0.650. The van der Waals surface area contributed by atoms with Crippen molar-refractivity contribution < 1.29 is 19.0 Å². The molecule has 2 heterocycles. The van der Waals surface area contributed by atoms with Gasteiger partial charge in [0.1, 0.15) is 17.7 Å². The van der Waals surface area contributed by atoms with Crippen LogP contribution >= 0.6 is 0 Å². The summed E-state index contributed by atoms with van der Waals surface area (Å²) < 4.78 is 19.1. The minimum absolute atomic E-state index is 0.00278. The second-order valence-corrected chi connectivity index (χ2v) is 7.46. The zero-order chi connectivity index (χ0) is 19.1. The molecular weight excluding hydrogens is 349 g/mol. The highest BCUT2D eigenvalue weighted by Crippen LogP contribution is 2.20. The van der Waals surface area contributed by atoms with E-state index in [0.29, 0.717) is 31.3 Å². The molecule has 0 atom stereocenters. The van der Waals surface area contributed by atoms with Gasteiger partial charge < -0.3 is 25.0 Å². The number of aliphatic hydroxyl groups excluding tert-OH is 1. The van der Waals surface area contributed by atoms with Crippen LogP contribution in [0.1, 0.15) is 25.7 Å². The predicted octanol–water partition coefficient (Wildman–Crippen LogP) is 2.08. The van der Waals surface area contributed by atoms with Crippen LogP contribution in [0, 0.1) is 11.7 Å². The van der Waals surface area contributed by atoms with Gasteiger partial charge in [0.15, 0.2) is 0 Å². The van der Waals surface area contributed by atoms with Gasteiger partial charge in [-0.25, -0.2) is 9.18 Å². The Balaban J connectivity index is 1.34. The number of carbonyl (C=O) groups is 1. The van der Waals surface area contributed by atoms with Gasteiger partial charge in [0, 0.05) is 45.1 Å². The number of benzene rings is 1. The van der Waals surface area contributed by atoms with E-state index < -0.39 is 0 Å². The predicted molar refractivity (Wildman–Crippen MR) is 101 cm³/mol. The SMILES string of the molecule is O=C(NCC1CCN(CCO)CC1)N1CCC(Oc2cccc(F)c2)CC1. The van der Waals surface area contributed by atoms with Gasteiger partial charge in [0.25, 0.3) is 0 Å². The number of halogens is 1. The first-order chi connectivity index (χ1) is 13.1. The van der Waals surface area contributed by atoms with Crippen molar-refractivity contribution >= 4 is 6.03 Å². The molecule has 2 aliphatic heterocycles. The summed E-state index contributed by atoms with van der Waals surface area (Å²) in [6, 6.07) is 6.19. The Morgan fingerprint density at radius 1 is 1.19 bits per heavy atom. The number of carbonyl (C=O) groups excluding carboxylic acids is 1. The number of β-amino-alcohol motifs (C(OH)–C–C–N with tert-alkyl or cyclic N) is 1. The number of amides is 2. The van der Waals surface area contributed by atoms with Crippen LogP contribution in [0.15, 0.2) is 24.3 Å². The molecule has 2 saturated heterocycles. The van der Waals surface area contributed by atoms with Gasteiger partial charge in [0.2, 0.25) is 0 Å². The first kappa shape index (κ1) is 19.9. The average Bonchev–Trinajstić information content (AvgIpc) is 2.68. The molecule has 6 nitrogen and oxygen atoms in total. The summed E-state index contributed by atoms with van der Waals surface area (Å²) >= 11 is 0. The molecule has 0 aromatic heterocycles. The Bertz CT molecular complexity index is 600. The number of aliphatic hydroxyl groups is 1. The molecule has 3 rings (SSSR count). The van der Waals surface area contributed by atoms with Gasteiger partial charge in [-0.15, -0.1) is 0 Å². The first-order valence-electron chi connectivity index (χ1n) is 9.92. The van der Waals surface area contributed by atoms with Crippen molar-refractivity contribution in [2.75, 3.05) is 45.9 Å². The summed E-state index contributed by atoms with van der Waals surface area (Å²) in [7, 11) is 0. The average molecular weight is 379 g/mol. The summed E-state index contributed by atoms with van der Waals surface area (Å²) in [5, 5.41) is 12.1. The molecule has 0 saturated carbocycles. The van der Waals surface area contributed by atoms with E-state index in [0.717, 1.165) is 45.3 Å². The highest BCUT2D eigenvalue weighted by atomic mass is 19.1. The Morgan fingerprint density at radius 2 is 1.93 bits per heavy atom. The van der Waals surface area contributed by atoms with Crippen molar-refractivity contribution in [1.29, 1.82) is 0 Å². The summed E-state index contributed by atoms with van der Waals surface area (Å²) in [5.41, 5.74) is 0. The molecule has 150 valence electrons. The van der Waals surface area contributed by atoms with Crippen LogP contribution in [-0.4, -0.2) is 72.9 Å². The lowest BCUT2D eigenvalue weighted by Gasteiger charge is -2.34. The molecule has 1 aromatic rings. The van der Waals surface area contributed by atoms with Crippen LogP contribution in [0.25, 0.3) is 0 Å². The topological polar surface area (TPSA) is 65.0 Å². The zero-order valence-corrected chi connectivity index (χ0v) is 15.8. The lowest BCUT2D eigenvalue weighted by atomic mass is 9.97. The molecule has 0 radical (unpaired) electrons. The van der Waals surface area contributed by atoms with Gasteiger partial charge in [-0.2, -0.15) is 0 Å². The third-order valence-electron chi connectivity index (χ3n) is 5.49. The fourth-order valence-electron chi connectivity index (χ4n) is 3.81. The summed E-state index contributed by atoms with van der Waals surface area (Å²) in [5.74, 6) is 0.759. The molecule has 2 amide bonds. The molecular formula is C20H30FN3O3. The molecule has 7 heteroatoms. The molecule has 2 fully saturated rings. The number of ether oxygens (including phenoxy) is 1. The number of urea groups is 1. The minimum atomic E-state index is -0.300. The maximum Gasteiger partial charge on any atom is 0.317 e. The number of rotatable bonds is 6. The van der Waals surface area contributed by atoms with Crippen LogP contribution in [0.5, 0.6) is 5.75 Å². The molecule has 1 aromatic carbocycles. The Labute approximate surface area is 160 Å². The van der Waals surface area contributed by atoms with E-state index in [-0.39, 0.29) is 24.6 Å². The van der Waals surface area contributed by atoms with E-state index in [9.17, 15) is 9.18 Å². The van der Waals surface area contributed by atoms with Gasteiger partial charge >= 0.3 is 6.03 Å². The van der Waals surface area contributed by atoms with Crippen LogP contribution in [0.4, 0.5) is 9.18 Å². The number of nitrogens with one attached hydrogen (secondary N) is 1. The maximum atomic E-state index is 13.2. The van der Waals surface area contributed by atoms with Crippen LogP contribution in [-0.2, 0) is 0 Å². The van der Waals surface area contributed by atoms with Crippen LogP contribution in [0.3, 0.4) is 0 Å². The van der Waals surface area contributed by atoms with E-state index in [4.69, 9.17) is 9.84 Å². The van der Waals surface area contributed by atoms with Gasteiger partial charge in [-0.1, -0.05) is 6.07 Å². The zero-order valence-electron chi connectivity index (χ0n) is 15.8. The first-order valence-corrected chi connectivity index (χ1v) is 9.92. The van der Waals surface area contributed by atoms with Gasteiger partial charge in [-0.05, 0) is 44.0 Å². The Hall–Kier alpha value is -1.86. The minimum Gasteiger partial charge on any atom is -0.490 e. The van der Waals surface area contributed by atoms with Crippen molar-refractivity contribution in [3.63, 3.8) is 0 Å². The number of hydrogen-bond acceptors (Lipinski definition) is 4. The van der Waals surface area contributed by atoms with Crippen molar-refractivity contribution in [2.24, 2.45) is 5.92 Å². The molecule has 0 aliphatic carbocycles. The summed E-state index contributed by atoms with van der Waals surface area (Å²) in [6.45, 7) is 4.95. The summed E-state index contributed by atoms with van der Waals surface area (Å²) in [6.07, 6.45) is 3.65. The Morgan fingerprint density at radius 3 is 2.59 bits per heavy atom. The smallest absolute Gasteiger partial charge is 0.317 e. The Kier molecular flexibility index (Phi) is 7.29. The van der Waals surface area contributed by atoms with E-state index in [1.807, 2.05) is 4.90 Å². The molecule has 0 bridgehead atoms. The fourth-order valence-corrected chi connectivity index (χ4v) is 3.81. The third-order valence-corrected chi connectivity index (χ3v) is 5.49. The second-order valence-electron chi connectivity index (χ2n) is 7.46. The van der Waals surface area contributed by atoms with Crippen LogP contribution in [0.2, 0.25) is 0 Å².